The van der Waals surface area contributed by atoms with Gasteiger partial charge in [-0.05, 0) is 67.6 Å². The van der Waals surface area contributed by atoms with E-state index in [1.54, 1.807) is 24.3 Å². The lowest BCUT2D eigenvalue weighted by molar-refractivity contribution is -0.119. The van der Waals surface area contributed by atoms with E-state index in [0.717, 1.165) is 41.8 Å². The van der Waals surface area contributed by atoms with E-state index in [0.29, 0.717) is 5.69 Å². The van der Waals surface area contributed by atoms with Crippen LogP contribution in [0.25, 0.3) is 0 Å². The molecule has 0 fully saturated rings. The Balaban J connectivity index is 1.78. The smallest absolute Gasteiger partial charge is 0.261 e. The summed E-state index contributed by atoms with van der Waals surface area (Å²) in [6.45, 7) is 4.48. The van der Waals surface area contributed by atoms with Crippen LogP contribution < -0.4 is 9.62 Å². The first kappa shape index (κ1) is 16.1. The third-order valence-electron chi connectivity index (χ3n) is 4.97. The molecule has 0 unspecified atom stereocenters. The van der Waals surface area contributed by atoms with Gasteiger partial charge >= 0.3 is 0 Å². The van der Waals surface area contributed by atoms with Crippen molar-refractivity contribution in [2.45, 2.75) is 37.5 Å². The van der Waals surface area contributed by atoms with Gasteiger partial charge in [0.05, 0.1) is 16.5 Å². The number of anilines is 2. The van der Waals surface area contributed by atoms with Gasteiger partial charge in [0.25, 0.3) is 10.0 Å². The largest absolute Gasteiger partial charge is 0.311 e. The Hall–Kier alpha value is -2.34. The molecular formula is C19H20N2O3S. The fourth-order valence-electron chi connectivity index (χ4n) is 3.74. The summed E-state index contributed by atoms with van der Waals surface area (Å²) in [4.78, 5) is 14.5. The molecule has 0 bridgehead atoms. The van der Waals surface area contributed by atoms with Gasteiger partial charge in [-0.2, -0.15) is 0 Å². The van der Waals surface area contributed by atoms with Crippen LogP contribution in [0.5, 0.6) is 0 Å². The lowest BCUT2D eigenvalue weighted by Crippen LogP contribution is -2.32. The summed E-state index contributed by atoms with van der Waals surface area (Å²) < 4.78 is 28.4. The molecule has 0 saturated heterocycles. The minimum absolute atomic E-state index is 0.0668. The predicted molar refractivity (Wildman–Crippen MR) is 97.5 cm³/mol. The Morgan fingerprint density at radius 2 is 2.00 bits per heavy atom. The molecule has 4 rings (SSSR count). The molecule has 1 amide bonds. The fourth-order valence-corrected chi connectivity index (χ4v) is 4.88. The zero-order chi connectivity index (χ0) is 17.8. The lowest BCUT2D eigenvalue weighted by atomic mass is 9.97. The number of carbonyl (C=O) groups excluding carboxylic acids is 1. The number of hydrogen-bond donors (Lipinski definition) is 1. The van der Waals surface area contributed by atoms with Crippen LogP contribution in [0.4, 0.5) is 11.4 Å². The highest BCUT2D eigenvalue weighted by Crippen LogP contribution is 2.44. The molecule has 0 saturated carbocycles. The minimum atomic E-state index is -3.70. The summed E-state index contributed by atoms with van der Waals surface area (Å²) >= 11 is 0. The van der Waals surface area contributed by atoms with Crippen molar-refractivity contribution >= 4 is 27.3 Å². The maximum absolute atomic E-state index is 12.9. The van der Waals surface area contributed by atoms with Crippen molar-refractivity contribution in [2.24, 2.45) is 0 Å². The van der Waals surface area contributed by atoms with E-state index in [-0.39, 0.29) is 16.7 Å². The predicted octanol–water partition coefficient (Wildman–Crippen LogP) is 3.19. The first-order valence-electron chi connectivity index (χ1n) is 8.44. The van der Waals surface area contributed by atoms with Crippen LogP contribution >= 0.6 is 0 Å². The van der Waals surface area contributed by atoms with Gasteiger partial charge < -0.3 is 4.90 Å². The number of benzene rings is 2. The zero-order valence-corrected chi connectivity index (χ0v) is 15.1. The van der Waals surface area contributed by atoms with Crippen molar-refractivity contribution in [3.8, 4) is 0 Å². The van der Waals surface area contributed by atoms with Gasteiger partial charge in [0.15, 0.2) is 0 Å². The number of amides is 1. The molecule has 5 nitrogen and oxygen atoms in total. The minimum Gasteiger partial charge on any atom is -0.311 e. The van der Waals surface area contributed by atoms with Crippen LogP contribution in [-0.2, 0) is 21.2 Å². The second kappa shape index (κ2) is 5.59. The molecule has 2 aromatic carbocycles. The molecule has 2 heterocycles. The van der Waals surface area contributed by atoms with Crippen LogP contribution in [0, 0.1) is 6.92 Å². The molecule has 0 radical (unpaired) electrons. The second-order valence-electron chi connectivity index (χ2n) is 6.81. The Kier molecular flexibility index (Phi) is 3.61. The van der Waals surface area contributed by atoms with E-state index < -0.39 is 10.0 Å². The average Bonchev–Trinajstić information content (AvgIpc) is 2.81. The SMILES string of the molecule is Cc1cccc(NS(=O)(=O)c2cc3c4c(c2)[C@@H](C)C(=O)N4CCC3)c1. The van der Waals surface area contributed by atoms with Crippen molar-refractivity contribution < 1.29 is 13.2 Å². The Morgan fingerprint density at radius 1 is 1.20 bits per heavy atom. The van der Waals surface area contributed by atoms with Crippen LogP contribution in [0.15, 0.2) is 41.3 Å². The van der Waals surface area contributed by atoms with Gasteiger partial charge in [0.1, 0.15) is 0 Å². The third-order valence-corrected chi connectivity index (χ3v) is 6.33. The summed E-state index contributed by atoms with van der Waals surface area (Å²) in [5.41, 5.74) is 4.23. The van der Waals surface area contributed by atoms with Crippen LogP contribution in [-0.4, -0.2) is 20.9 Å². The van der Waals surface area contributed by atoms with E-state index in [1.165, 1.54) is 0 Å². The molecule has 2 aliphatic heterocycles. The number of rotatable bonds is 3. The summed E-state index contributed by atoms with van der Waals surface area (Å²) in [6, 6.07) is 10.6. The normalized spacial score (nSPS) is 19.0. The van der Waals surface area contributed by atoms with Crippen molar-refractivity contribution in [3.63, 3.8) is 0 Å². The van der Waals surface area contributed by atoms with Crippen molar-refractivity contribution in [2.75, 3.05) is 16.2 Å². The number of nitrogens with one attached hydrogen (secondary N) is 1. The lowest BCUT2D eigenvalue weighted by Gasteiger charge is -2.26. The van der Waals surface area contributed by atoms with Crippen LogP contribution in [0.2, 0.25) is 0 Å². The van der Waals surface area contributed by atoms with Crippen molar-refractivity contribution in [1.29, 1.82) is 0 Å². The second-order valence-corrected chi connectivity index (χ2v) is 8.49. The van der Waals surface area contributed by atoms with Crippen molar-refractivity contribution in [1.82, 2.24) is 0 Å². The van der Waals surface area contributed by atoms with Gasteiger partial charge in [0, 0.05) is 12.2 Å². The molecule has 6 heteroatoms. The van der Waals surface area contributed by atoms with Crippen LogP contribution in [0.1, 0.15) is 36.0 Å². The quantitative estimate of drug-likeness (QED) is 0.918. The van der Waals surface area contributed by atoms with E-state index in [1.807, 2.05) is 30.9 Å². The molecule has 25 heavy (non-hydrogen) atoms. The van der Waals surface area contributed by atoms with Crippen LogP contribution in [0.3, 0.4) is 0 Å². The van der Waals surface area contributed by atoms with Gasteiger partial charge in [-0.1, -0.05) is 12.1 Å². The summed E-state index contributed by atoms with van der Waals surface area (Å²) in [5.74, 6) is -0.224. The molecule has 1 atom stereocenters. The first-order chi connectivity index (χ1) is 11.9. The Bertz CT molecular complexity index is 982. The monoisotopic (exact) mass is 356 g/mol. The highest BCUT2D eigenvalue weighted by molar-refractivity contribution is 7.92. The Morgan fingerprint density at radius 3 is 2.76 bits per heavy atom. The van der Waals surface area contributed by atoms with Crippen molar-refractivity contribution in [3.05, 3.63) is 53.1 Å². The number of carbonyl (C=O) groups is 1. The van der Waals surface area contributed by atoms with Gasteiger partial charge in [-0.15, -0.1) is 0 Å². The third kappa shape index (κ3) is 2.61. The molecule has 0 aliphatic carbocycles. The molecule has 2 aromatic rings. The molecule has 0 spiro atoms. The summed E-state index contributed by atoms with van der Waals surface area (Å²) in [5, 5.41) is 0. The van der Waals surface area contributed by atoms with E-state index in [9.17, 15) is 13.2 Å². The maximum Gasteiger partial charge on any atom is 0.261 e. The molecule has 0 aromatic heterocycles. The molecule has 1 N–H and O–H groups in total. The fraction of sp³-hybridized carbons (Fsp3) is 0.316. The average molecular weight is 356 g/mol. The Labute approximate surface area is 147 Å². The highest BCUT2D eigenvalue weighted by Gasteiger charge is 2.38. The number of nitrogens with zero attached hydrogens (tertiary/aromatic N) is 1. The molecule has 2 aliphatic rings. The highest BCUT2D eigenvalue weighted by atomic mass is 32.2. The number of hydrogen-bond acceptors (Lipinski definition) is 3. The number of aryl methyl sites for hydroxylation is 2. The zero-order valence-electron chi connectivity index (χ0n) is 14.2. The molecule has 130 valence electrons. The topological polar surface area (TPSA) is 66.5 Å². The summed E-state index contributed by atoms with van der Waals surface area (Å²) in [7, 11) is -3.70. The molecular weight excluding hydrogens is 336 g/mol. The van der Waals surface area contributed by atoms with Gasteiger partial charge in [-0.25, -0.2) is 8.42 Å². The van der Waals surface area contributed by atoms with E-state index in [4.69, 9.17) is 0 Å². The standard InChI is InChI=1S/C19H20N2O3S/c1-12-5-3-7-15(9-12)20-25(23,24)16-10-14-6-4-8-21-18(14)17(11-16)13(2)19(21)22/h3,5,7,9-11,13,20H,4,6,8H2,1-2H3/t13-/m1/s1. The van der Waals surface area contributed by atoms with E-state index >= 15 is 0 Å². The first-order valence-corrected chi connectivity index (χ1v) is 9.93. The van der Waals surface area contributed by atoms with Gasteiger partial charge in [0.2, 0.25) is 5.91 Å². The van der Waals surface area contributed by atoms with Gasteiger partial charge in [-0.3, -0.25) is 9.52 Å². The summed E-state index contributed by atoms with van der Waals surface area (Å²) in [6.07, 6.45) is 1.66. The maximum atomic E-state index is 12.9. The number of sulfonamides is 1. The van der Waals surface area contributed by atoms with E-state index in [2.05, 4.69) is 4.72 Å².